The maximum atomic E-state index is 12.3. The Bertz CT molecular complexity index is 761. The van der Waals surface area contributed by atoms with E-state index in [0.29, 0.717) is 24.6 Å². The van der Waals surface area contributed by atoms with Gasteiger partial charge in [0, 0.05) is 25.2 Å². The third kappa shape index (κ3) is 3.29. The van der Waals surface area contributed by atoms with Crippen LogP contribution in [0.25, 0.3) is 0 Å². The number of nitrogens with one attached hydrogen (secondary N) is 1. The molecule has 0 saturated carbocycles. The lowest BCUT2D eigenvalue weighted by Crippen LogP contribution is -2.38. The summed E-state index contributed by atoms with van der Waals surface area (Å²) in [5.41, 5.74) is 1.90. The van der Waals surface area contributed by atoms with Gasteiger partial charge >= 0.3 is 6.03 Å². The highest BCUT2D eigenvalue weighted by molar-refractivity contribution is 7.15. The minimum atomic E-state index is -0.424. The van der Waals surface area contributed by atoms with Crippen LogP contribution in [0.2, 0.25) is 0 Å². The van der Waals surface area contributed by atoms with E-state index in [-0.39, 0.29) is 11.7 Å². The monoisotopic (exact) mass is 333 g/mol. The number of amides is 2. The van der Waals surface area contributed by atoms with Crippen molar-refractivity contribution in [3.8, 4) is 0 Å². The van der Waals surface area contributed by atoms with E-state index in [1.165, 1.54) is 23.5 Å². The molecule has 3 rings (SSSR count). The zero-order valence-electron chi connectivity index (χ0n) is 12.5. The van der Waals surface area contributed by atoms with Gasteiger partial charge in [-0.25, -0.2) is 4.79 Å². The lowest BCUT2D eigenvalue weighted by Gasteiger charge is -2.28. The Morgan fingerprint density at radius 1 is 1.43 bits per heavy atom. The Kier molecular flexibility index (Phi) is 4.20. The van der Waals surface area contributed by atoms with Crippen molar-refractivity contribution in [2.24, 2.45) is 0 Å². The summed E-state index contributed by atoms with van der Waals surface area (Å²) < 4.78 is 0. The minimum absolute atomic E-state index is 0.0442. The molecule has 1 aliphatic rings. The molecule has 120 valence electrons. The number of carbonyl (C=O) groups is 1. The van der Waals surface area contributed by atoms with Crippen LogP contribution in [0.3, 0.4) is 0 Å². The smallest absolute Gasteiger partial charge is 0.320 e. The van der Waals surface area contributed by atoms with E-state index in [0.717, 1.165) is 22.6 Å². The third-order valence-electron chi connectivity index (χ3n) is 3.68. The van der Waals surface area contributed by atoms with E-state index >= 15 is 0 Å². The molecule has 0 fully saturated rings. The van der Waals surface area contributed by atoms with Crippen LogP contribution < -0.4 is 5.32 Å². The van der Waals surface area contributed by atoms with E-state index in [1.807, 2.05) is 6.92 Å². The lowest BCUT2D eigenvalue weighted by molar-refractivity contribution is -0.385. The minimum Gasteiger partial charge on any atom is -0.320 e. The largest absolute Gasteiger partial charge is 0.324 e. The van der Waals surface area contributed by atoms with Gasteiger partial charge < -0.3 is 4.90 Å². The van der Waals surface area contributed by atoms with Crippen LogP contribution >= 0.6 is 11.3 Å². The average molecular weight is 333 g/mol. The molecule has 0 saturated heterocycles. The van der Waals surface area contributed by atoms with Crippen molar-refractivity contribution in [3.05, 3.63) is 44.4 Å². The predicted octanol–water partition coefficient (Wildman–Crippen LogP) is 2.60. The number of hydrogen-bond acceptors (Lipinski definition) is 6. The van der Waals surface area contributed by atoms with Crippen LogP contribution in [-0.4, -0.2) is 32.6 Å². The van der Waals surface area contributed by atoms with Gasteiger partial charge in [0.1, 0.15) is 5.01 Å². The van der Waals surface area contributed by atoms with Crippen molar-refractivity contribution in [2.75, 3.05) is 11.9 Å². The van der Waals surface area contributed by atoms with Gasteiger partial charge in [0.05, 0.1) is 4.92 Å². The van der Waals surface area contributed by atoms with Crippen molar-refractivity contribution in [1.29, 1.82) is 0 Å². The number of carbonyl (C=O) groups excluding carboxylic acids is 1. The number of nitrogens with zero attached hydrogens (tertiary/aromatic N) is 4. The van der Waals surface area contributed by atoms with Crippen LogP contribution in [0.1, 0.15) is 23.1 Å². The number of aromatic nitrogens is 2. The highest BCUT2D eigenvalue weighted by atomic mass is 32.1. The second-order valence-corrected chi connectivity index (χ2v) is 6.23. The molecule has 8 nitrogen and oxygen atoms in total. The van der Waals surface area contributed by atoms with Crippen LogP contribution in [0, 0.1) is 10.1 Å². The molecule has 1 aromatic carbocycles. The Hall–Kier alpha value is -2.55. The number of hydrogen-bond donors (Lipinski definition) is 1. The fourth-order valence-electron chi connectivity index (χ4n) is 2.45. The van der Waals surface area contributed by atoms with Crippen LogP contribution in [0.15, 0.2) is 18.2 Å². The molecule has 0 bridgehead atoms. The molecule has 0 radical (unpaired) electrons. The first-order valence-corrected chi connectivity index (χ1v) is 8.03. The summed E-state index contributed by atoms with van der Waals surface area (Å²) in [6.07, 6.45) is 1.45. The molecule has 2 heterocycles. The molecule has 23 heavy (non-hydrogen) atoms. The lowest BCUT2D eigenvalue weighted by atomic mass is 9.99. The molecule has 1 N–H and O–H groups in total. The zero-order valence-corrected chi connectivity index (χ0v) is 13.3. The Labute approximate surface area is 136 Å². The molecule has 9 heteroatoms. The second kappa shape index (κ2) is 6.29. The first-order chi connectivity index (χ1) is 11.1. The molecule has 0 aliphatic carbocycles. The van der Waals surface area contributed by atoms with Crippen molar-refractivity contribution >= 4 is 28.2 Å². The number of fused-ring (bicyclic) bond motifs is 1. The summed E-state index contributed by atoms with van der Waals surface area (Å²) in [5, 5.41) is 22.8. The van der Waals surface area contributed by atoms with Gasteiger partial charge in [0.2, 0.25) is 5.13 Å². The molecule has 0 spiro atoms. The molecule has 1 aliphatic heterocycles. The number of benzene rings is 1. The zero-order chi connectivity index (χ0) is 16.4. The first kappa shape index (κ1) is 15.3. The van der Waals surface area contributed by atoms with Crippen LogP contribution in [-0.2, 0) is 19.4 Å². The average Bonchev–Trinajstić information content (AvgIpc) is 3.01. The maximum absolute atomic E-state index is 12.3. The van der Waals surface area contributed by atoms with Gasteiger partial charge in [-0.15, -0.1) is 10.2 Å². The predicted molar refractivity (Wildman–Crippen MR) is 85.5 cm³/mol. The third-order valence-corrected chi connectivity index (χ3v) is 4.67. The van der Waals surface area contributed by atoms with Gasteiger partial charge in [0.15, 0.2) is 0 Å². The molecular weight excluding hydrogens is 318 g/mol. The Balaban J connectivity index is 1.71. The van der Waals surface area contributed by atoms with Gasteiger partial charge in [-0.1, -0.05) is 24.3 Å². The van der Waals surface area contributed by atoms with E-state index in [4.69, 9.17) is 0 Å². The summed E-state index contributed by atoms with van der Waals surface area (Å²) >= 11 is 1.35. The topological polar surface area (TPSA) is 101 Å². The van der Waals surface area contributed by atoms with Crippen molar-refractivity contribution in [3.63, 3.8) is 0 Å². The molecule has 2 aromatic rings. The van der Waals surface area contributed by atoms with E-state index in [9.17, 15) is 14.9 Å². The summed E-state index contributed by atoms with van der Waals surface area (Å²) in [6.45, 7) is 2.89. The molecule has 2 amide bonds. The highest BCUT2D eigenvalue weighted by Gasteiger charge is 2.23. The normalized spacial score (nSPS) is 13.5. The van der Waals surface area contributed by atoms with Crippen molar-refractivity contribution < 1.29 is 9.72 Å². The fourth-order valence-corrected chi connectivity index (χ4v) is 3.12. The number of urea groups is 1. The molecule has 0 unspecified atom stereocenters. The number of rotatable bonds is 3. The van der Waals surface area contributed by atoms with Crippen LogP contribution in [0.4, 0.5) is 15.6 Å². The summed E-state index contributed by atoms with van der Waals surface area (Å²) in [6, 6.07) is 4.54. The standard InChI is InChI=1S/C14H15N5O3S/c1-2-12-16-17-13(23-12)15-14(20)18-6-5-9-3-4-11(19(21)22)7-10(9)8-18/h3-4,7H,2,5-6,8H2,1H3,(H,15,17,20). The van der Waals surface area contributed by atoms with E-state index < -0.39 is 4.92 Å². The van der Waals surface area contributed by atoms with Gasteiger partial charge in [-0.05, 0) is 24.0 Å². The van der Waals surface area contributed by atoms with Crippen molar-refractivity contribution in [2.45, 2.75) is 26.3 Å². The van der Waals surface area contributed by atoms with E-state index in [1.54, 1.807) is 11.0 Å². The summed E-state index contributed by atoms with van der Waals surface area (Å²) in [4.78, 5) is 24.4. The summed E-state index contributed by atoms with van der Waals surface area (Å²) in [7, 11) is 0. The van der Waals surface area contributed by atoms with Crippen molar-refractivity contribution in [1.82, 2.24) is 15.1 Å². The number of aryl methyl sites for hydroxylation is 1. The first-order valence-electron chi connectivity index (χ1n) is 7.21. The summed E-state index contributed by atoms with van der Waals surface area (Å²) in [5.74, 6) is 0. The van der Waals surface area contributed by atoms with Crippen LogP contribution in [0.5, 0.6) is 0 Å². The van der Waals surface area contributed by atoms with Gasteiger partial charge in [-0.3, -0.25) is 15.4 Å². The second-order valence-electron chi connectivity index (χ2n) is 5.17. The highest BCUT2D eigenvalue weighted by Crippen LogP contribution is 2.24. The molecular formula is C14H15N5O3S. The van der Waals surface area contributed by atoms with Gasteiger partial charge in [0.25, 0.3) is 5.69 Å². The van der Waals surface area contributed by atoms with Gasteiger partial charge in [-0.2, -0.15) is 0 Å². The fraction of sp³-hybridized carbons (Fsp3) is 0.357. The number of nitro benzene ring substituents is 1. The van der Waals surface area contributed by atoms with E-state index in [2.05, 4.69) is 15.5 Å². The number of non-ortho nitro benzene ring substituents is 1. The molecule has 0 atom stereocenters. The molecule has 1 aromatic heterocycles. The quantitative estimate of drug-likeness (QED) is 0.687. The SMILES string of the molecule is CCc1nnc(NC(=O)N2CCc3ccc([N+](=O)[O-])cc3C2)s1. The Morgan fingerprint density at radius 2 is 2.26 bits per heavy atom. The maximum Gasteiger partial charge on any atom is 0.324 e. The number of anilines is 1. The number of nitro groups is 1. The Morgan fingerprint density at radius 3 is 2.96 bits per heavy atom.